The lowest BCUT2D eigenvalue weighted by atomic mass is 9.97. The van der Waals surface area contributed by atoms with Crippen LogP contribution in [-0.2, 0) is 6.42 Å². The number of hydrogen-bond acceptors (Lipinski definition) is 4. The predicted molar refractivity (Wildman–Crippen MR) is 109 cm³/mol. The quantitative estimate of drug-likeness (QED) is 0.530. The van der Waals surface area contributed by atoms with Crippen LogP contribution in [0.2, 0.25) is 5.02 Å². The van der Waals surface area contributed by atoms with E-state index in [1.807, 2.05) is 37.3 Å². The van der Waals surface area contributed by atoms with Crippen LogP contribution in [0.25, 0.3) is 5.57 Å². The molecule has 0 aliphatic rings. The summed E-state index contributed by atoms with van der Waals surface area (Å²) in [5.41, 5.74) is 4.43. The van der Waals surface area contributed by atoms with Crippen molar-refractivity contribution in [2.75, 3.05) is 6.54 Å². The van der Waals surface area contributed by atoms with Crippen LogP contribution in [0.4, 0.5) is 0 Å². The summed E-state index contributed by atoms with van der Waals surface area (Å²) in [7, 11) is 0. The molecule has 6 heteroatoms. The number of nitrogens with one attached hydrogen (secondary N) is 1. The van der Waals surface area contributed by atoms with Crippen molar-refractivity contribution in [1.82, 2.24) is 10.5 Å². The lowest BCUT2D eigenvalue weighted by Gasteiger charge is -2.11. The van der Waals surface area contributed by atoms with Gasteiger partial charge in [-0.2, -0.15) is 0 Å². The highest BCUT2D eigenvalue weighted by molar-refractivity contribution is 6.30. The molecule has 3 rings (SSSR count). The number of carbonyl (C=O) groups is 1. The van der Waals surface area contributed by atoms with Crippen LogP contribution in [0, 0.1) is 6.92 Å². The van der Waals surface area contributed by atoms with Gasteiger partial charge in [0, 0.05) is 24.1 Å². The molecular formula is C22H21ClN2O3. The average molecular weight is 397 g/mol. The SMILES string of the molecule is C=C/C=C(/CCNC(=O)c1cc(Cc2ccoc2)on1)c1cc(Cl)ccc1C. The molecule has 0 aliphatic carbocycles. The average Bonchev–Trinajstić information content (AvgIpc) is 3.35. The smallest absolute Gasteiger partial charge is 0.273 e. The van der Waals surface area contributed by atoms with E-state index in [1.54, 1.807) is 24.7 Å². The van der Waals surface area contributed by atoms with Gasteiger partial charge in [0.1, 0.15) is 5.76 Å². The first kappa shape index (κ1) is 19.7. The van der Waals surface area contributed by atoms with Crippen molar-refractivity contribution in [1.29, 1.82) is 0 Å². The molecule has 2 heterocycles. The highest BCUT2D eigenvalue weighted by Gasteiger charge is 2.13. The van der Waals surface area contributed by atoms with Gasteiger partial charge in [-0.05, 0) is 53.8 Å². The molecule has 1 amide bonds. The van der Waals surface area contributed by atoms with Crippen molar-refractivity contribution in [2.45, 2.75) is 19.8 Å². The Morgan fingerprint density at radius 3 is 2.93 bits per heavy atom. The summed E-state index contributed by atoms with van der Waals surface area (Å²) in [5, 5.41) is 7.40. The Hall–Kier alpha value is -3.05. The molecule has 2 aromatic heterocycles. The van der Waals surface area contributed by atoms with Crippen LogP contribution in [0.1, 0.15) is 39.4 Å². The highest BCUT2D eigenvalue weighted by Crippen LogP contribution is 2.25. The van der Waals surface area contributed by atoms with E-state index in [9.17, 15) is 4.79 Å². The second-order valence-electron chi connectivity index (χ2n) is 6.38. The van der Waals surface area contributed by atoms with Gasteiger partial charge in [0.15, 0.2) is 5.69 Å². The molecule has 0 saturated heterocycles. The van der Waals surface area contributed by atoms with Crippen molar-refractivity contribution in [3.63, 3.8) is 0 Å². The number of benzene rings is 1. The van der Waals surface area contributed by atoms with E-state index in [1.165, 1.54) is 0 Å². The van der Waals surface area contributed by atoms with E-state index in [0.717, 1.165) is 22.3 Å². The standard InChI is InChI=1S/C22H21ClN2O3/c1-3-4-17(20-12-18(23)6-5-15(20)2)7-9-24-22(26)21-13-19(28-25-21)11-16-8-10-27-14-16/h3-6,8,10,12-14H,1,7,9,11H2,2H3,(H,24,26)/b17-4-. The van der Waals surface area contributed by atoms with E-state index in [2.05, 4.69) is 17.1 Å². The molecule has 5 nitrogen and oxygen atoms in total. The molecule has 1 N–H and O–H groups in total. The predicted octanol–water partition coefficient (Wildman–Crippen LogP) is 5.21. The zero-order chi connectivity index (χ0) is 19.9. The van der Waals surface area contributed by atoms with Crippen molar-refractivity contribution in [3.8, 4) is 0 Å². The van der Waals surface area contributed by atoms with Gasteiger partial charge < -0.3 is 14.3 Å². The Morgan fingerprint density at radius 2 is 2.18 bits per heavy atom. The van der Waals surface area contributed by atoms with Crippen molar-refractivity contribution in [3.05, 3.63) is 94.8 Å². The van der Waals surface area contributed by atoms with Gasteiger partial charge in [-0.1, -0.05) is 41.6 Å². The van der Waals surface area contributed by atoms with Crippen molar-refractivity contribution in [2.24, 2.45) is 0 Å². The number of amides is 1. The molecule has 0 saturated carbocycles. The summed E-state index contributed by atoms with van der Waals surface area (Å²) in [5.74, 6) is 0.330. The van der Waals surface area contributed by atoms with Gasteiger partial charge in [-0.25, -0.2) is 0 Å². The van der Waals surface area contributed by atoms with Crippen LogP contribution in [-0.4, -0.2) is 17.6 Å². The Labute approximate surface area is 168 Å². The summed E-state index contributed by atoms with van der Waals surface area (Å²) in [6.07, 6.45) is 8.06. The first-order valence-corrected chi connectivity index (χ1v) is 9.27. The molecule has 3 aromatic rings. The number of rotatable bonds is 8. The van der Waals surface area contributed by atoms with Crippen LogP contribution in [0.5, 0.6) is 0 Å². The Bertz CT molecular complexity index is 987. The number of allylic oxidation sites excluding steroid dienone is 2. The van der Waals surface area contributed by atoms with Crippen LogP contribution >= 0.6 is 11.6 Å². The lowest BCUT2D eigenvalue weighted by Crippen LogP contribution is -2.24. The zero-order valence-corrected chi connectivity index (χ0v) is 16.3. The van der Waals surface area contributed by atoms with Gasteiger partial charge in [0.05, 0.1) is 12.5 Å². The lowest BCUT2D eigenvalue weighted by molar-refractivity contribution is 0.0945. The second kappa shape index (κ2) is 9.24. The summed E-state index contributed by atoms with van der Waals surface area (Å²) < 4.78 is 10.3. The Kier molecular flexibility index (Phi) is 6.50. The maximum absolute atomic E-state index is 12.3. The number of aryl methyl sites for hydroxylation is 1. The van der Waals surface area contributed by atoms with Gasteiger partial charge >= 0.3 is 0 Å². The van der Waals surface area contributed by atoms with Crippen molar-refractivity contribution < 1.29 is 13.7 Å². The third kappa shape index (κ3) is 5.02. The molecule has 0 spiro atoms. The fourth-order valence-corrected chi connectivity index (χ4v) is 3.06. The minimum Gasteiger partial charge on any atom is -0.472 e. The monoisotopic (exact) mass is 396 g/mol. The number of furan rings is 1. The van der Waals surface area contributed by atoms with Gasteiger partial charge in [0.25, 0.3) is 5.91 Å². The van der Waals surface area contributed by atoms with E-state index in [4.69, 9.17) is 20.5 Å². The summed E-state index contributed by atoms with van der Waals surface area (Å²) in [6, 6.07) is 9.24. The van der Waals surface area contributed by atoms with Crippen LogP contribution < -0.4 is 5.32 Å². The van der Waals surface area contributed by atoms with Crippen LogP contribution in [0.15, 0.2) is 70.5 Å². The Balaban J connectivity index is 1.59. The second-order valence-corrected chi connectivity index (χ2v) is 6.82. The highest BCUT2D eigenvalue weighted by atomic mass is 35.5. The number of nitrogens with zero attached hydrogens (tertiary/aromatic N) is 1. The maximum atomic E-state index is 12.3. The van der Waals surface area contributed by atoms with E-state index in [0.29, 0.717) is 30.2 Å². The number of carbonyl (C=O) groups excluding carboxylic acids is 1. The topological polar surface area (TPSA) is 68.3 Å². The van der Waals surface area contributed by atoms with Gasteiger partial charge in [0.2, 0.25) is 0 Å². The molecule has 1 aromatic carbocycles. The molecular weight excluding hydrogens is 376 g/mol. The fourth-order valence-electron chi connectivity index (χ4n) is 2.89. The summed E-state index contributed by atoms with van der Waals surface area (Å²) >= 11 is 6.13. The zero-order valence-electron chi connectivity index (χ0n) is 15.6. The number of halogens is 1. The van der Waals surface area contributed by atoms with E-state index < -0.39 is 0 Å². The van der Waals surface area contributed by atoms with Crippen LogP contribution in [0.3, 0.4) is 0 Å². The number of hydrogen-bond donors (Lipinski definition) is 1. The largest absolute Gasteiger partial charge is 0.472 e. The molecule has 0 fully saturated rings. The first-order valence-electron chi connectivity index (χ1n) is 8.90. The van der Waals surface area contributed by atoms with Crippen molar-refractivity contribution >= 4 is 23.1 Å². The molecule has 144 valence electrons. The first-order chi connectivity index (χ1) is 13.6. The molecule has 0 radical (unpaired) electrons. The van der Waals surface area contributed by atoms with Gasteiger partial charge in [-0.3, -0.25) is 4.79 Å². The Morgan fingerprint density at radius 1 is 1.32 bits per heavy atom. The molecule has 28 heavy (non-hydrogen) atoms. The minimum atomic E-state index is -0.275. The maximum Gasteiger partial charge on any atom is 0.273 e. The molecule has 0 atom stereocenters. The molecule has 0 bridgehead atoms. The molecule has 0 unspecified atom stereocenters. The third-order valence-electron chi connectivity index (χ3n) is 4.29. The van der Waals surface area contributed by atoms with Gasteiger partial charge in [-0.15, -0.1) is 0 Å². The molecule has 0 aliphatic heterocycles. The van der Waals surface area contributed by atoms with E-state index >= 15 is 0 Å². The number of aromatic nitrogens is 1. The van der Waals surface area contributed by atoms with E-state index in [-0.39, 0.29) is 11.6 Å². The summed E-state index contributed by atoms with van der Waals surface area (Å²) in [6.45, 7) is 6.25. The summed E-state index contributed by atoms with van der Waals surface area (Å²) in [4.78, 5) is 12.3. The normalized spacial score (nSPS) is 11.4. The fraction of sp³-hybridized carbons (Fsp3) is 0.182. The minimum absolute atomic E-state index is 0.256. The third-order valence-corrected chi connectivity index (χ3v) is 4.53.